The van der Waals surface area contributed by atoms with Gasteiger partial charge >= 0.3 is 0 Å². The van der Waals surface area contributed by atoms with E-state index in [1.807, 2.05) is 41.5 Å². The van der Waals surface area contributed by atoms with Crippen molar-refractivity contribution in [3.63, 3.8) is 0 Å². The van der Waals surface area contributed by atoms with E-state index in [0.717, 1.165) is 38.1 Å². The molecule has 1 fully saturated rings. The molecule has 2 aliphatic carbocycles. The molecule has 0 aromatic heterocycles. The van der Waals surface area contributed by atoms with E-state index in [-0.39, 0.29) is 102 Å². The number of rotatable bonds is 27. The third-order valence-corrected chi connectivity index (χ3v) is 13.1. The summed E-state index contributed by atoms with van der Waals surface area (Å²) in [6, 6.07) is 3.79. The van der Waals surface area contributed by atoms with Crippen LogP contribution in [0.2, 0.25) is 0 Å². The number of fused-ring (bicyclic) bond motifs is 3. The zero-order chi connectivity index (χ0) is 63.0. The number of phenolic OH excluding ortho intramolecular Hbond substituents is 2. The Balaban J connectivity index is 0.00000126. The summed E-state index contributed by atoms with van der Waals surface area (Å²) in [6.45, 7) is 24.9. The molecule has 5 rings (SSSR count). The minimum atomic E-state index is -0.853. The molecule has 2 aromatic rings. The highest BCUT2D eigenvalue weighted by atomic mass is 16.7. The van der Waals surface area contributed by atoms with Crippen LogP contribution in [0.5, 0.6) is 17.2 Å². The second kappa shape index (κ2) is 44.2. The number of aromatic hydroxyl groups is 2. The number of hydrogen-bond donors (Lipinski definition) is 12. The van der Waals surface area contributed by atoms with Crippen LogP contribution in [0.3, 0.4) is 0 Å². The van der Waals surface area contributed by atoms with E-state index in [1.54, 1.807) is 32.2 Å². The molecule has 23 nitrogen and oxygen atoms in total. The minimum absolute atomic E-state index is 0.0189. The first-order chi connectivity index (χ1) is 39.7. The van der Waals surface area contributed by atoms with Crippen molar-refractivity contribution in [2.75, 3.05) is 66.6 Å². The highest BCUT2D eigenvalue weighted by Crippen LogP contribution is 2.50. The Kier molecular flexibility index (Phi) is 40.8. The van der Waals surface area contributed by atoms with Crippen LogP contribution in [0.4, 0.5) is 0 Å². The normalized spacial score (nSPS) is 17.1. The van der Waals surface area contributed by atoms with Gasteiger partial charge in [0.2, 0.25) is 29.9 Å². The first kappa shape index (κ1) is 76.7. The van der Waals surface area contributed by atoms with Gasteiger partial charge in [0, 0.05) is 69.2 Å². The predicted octanol–water partition coefficient (Wildman–Crippen LogP) is 5.16. The quantitative estimate of drug-likeness (QED) is 0.0154. The zero-order valence-electron chi connectivity index (χ0n) is 51.5. The minimum Gasteiger partial charge on any atom is -0.507 e. The standard InChI is InChI=1S/C25H26O8.C20H35N7O5.C6H14.C5H13NO2.2C2H6/c1-11-5-3-8-17(32-11)33-16-10-12(26)9-14-19(16)25(30)21-20(23(14)28)22(27)13-6-4-7-15(31-2)18(13)24(21)29;1-3-6-16(21)20(32)25-12-7-17(29)27-15(2)19(31)26-13-18(30)24-11-5-9-22-8-4-10-23-14-28;1-4-6(3)5-2;1-5(8-2)6-3-4-7;2*1-2/h4,6-7,11-12,16-17,26,28,30H,3,5,8-10H2,1-2H3;3,6,14-15,21-22H,4-5,7-13H2,1-2H3,(H,23,28)(H,24,30)(H,25,32)(H,26,31)(H,27,29);6H,4-5H2,1-3H3;5-7H,3-4H2,1-2H3;2*1-2H3/b;6-3-,21-16?;;;;/t11-,12?,16?,17?;;;;;/m0...../s1. The van der Waals surface area contributed by atoms with Gasteiger partial charge in [0.25, 0.3) is 5.91 Å². The van der Waals surface area contributed by atoms with Crippen LogP contribution < -0.4 is 42.0 Å². The Bertz CT molecular complexity index is 2330. The van der Waals surface area contributed by atoms with Crippen molar-refractivity contribution in [1.29, 1.82) is 5.41 Å². The molecule has 1 aliphatic heterocycles. The van der Waals surface area contributed by atoms with E-state index in [9.17, 15) is 48.9 Å². The van der Waals surface area contributed by atoms with Gasteiger partial charge in [0.15, 0.2) is 12.1 Å². The number of benzene rings is 2. The van der Waals surface area contributed by atoms with Gasteiger partial charge in [0.1, 0.15) is 35.2 Å². The molecule has 0 radical (unpaired) electrons. The number of amides is 5. The summed E-state index contributed by atoms with van der Waals surface area (Å²) in [6.07, 6.45) is 8.26. The van der Waals surface area contributed by atoms with Crippen molar-refractivity contribution in [2.45, 2.75) is 177 Å². The zero-order valence-corrected chi connectivity index (χ0v) is 51.5. The number of aliphatic hydroxyl groups excluding tert-OH is 2. The van der Waals surface area contributed by atoms with Crippen molar-refractivity contribution in [2.24, 2.45) is 5.92 Å². The molecular formula is C60H100N8O15. The van der Waals surface area contributed by atoms with Gasteiger partial charge in [-0.3, -0.25) is 44.3 Å². The maximum Gasteiger partial charge on any atom is 0.269 e. The average Bonchev–Trinajstić information content (AvgIpc) is 3.54. The van der Waals surface area contributed by atoms with Crippen LogP contribution in [-0.4, -0.2) is 165 Å². The van der Waals surface area contributed by atoms with E-state index in [1.165, 1.54) is 39.0 Å². The Morgan fingerprint density at radius 3 is 2.07 bits per heavy atom. The molecule has 0 spiro atoms. The van der Waals surface area contributed by atoms with Crippen molar-refractivity contribution in [3.8, 4) is 17.2 Å². The van der Waals surface area contributed by atoms with Crippen LogP contribution in [-0.2, 0) is 44.6 Å². The second-order valence-corrected chi connectivity index (χ2v) is 19.2. The van der Waals surface area contributed by atoms with Crippen LogP contribution >= 0.6 is 0 Å². The summed E-state index contributed by atoms with van der Waals surface area (Å²) in [5.41, 5.74) is -0.160. The molecule has 2 aromatic carbocycles. The van der Waals surface area contributed by atoms with Gasteiger partial charge in [-0.1, -0.05) is 79.5 Å². The molecule has 6 atom stereocenters. The molecule has 1 saturated heterocycles. The summed E-state index contributed by atoms with van der Waals surface area (Å²) in [5, 5.41) is 67.3. The highest BCUT2D eigenvalue weighted by molar-refractivity contribution is 6.42. The van der Waals surface area contributed by atoms with Crippen LogP contribution in [0, 0.1) is 11.3 Å². The molecule has 0 saturated carbocycles. The van der Waals surface area contributed by atoms with Gasteiger partial charge in [-0.2, -0.15) is 0 Å². The van der Waals surface area contributed by atoms with Crippen LogP contribution in [0.25, 0.3) is 0 Å². The first-order valence-corrected chi connectivity index (χ1v) is 29.2. The van der Waals surface area contributed by atoms with Gasteiger partial charge < -0.3 is 71.3 Å². The smallest absolute Gasteiger partial charge is 0.269 e. The monoisotopic (exact) mass is 1170 g/mol. The largest absolute Gasteiger partial charge is 0.507 e. The summed E-state index contributed by atoms with van der Waals surface area (Å²) in [7, 11) is 3.01. The van der Waals surface area contributed by atoms with E-state index < -0.39 is 65.3 Å². The fourth-order valence-corrected chi connectivity index (χ4v) is 8.20. The van der Waals surface area contributed by atoms with Gasteiger partial charge in [0.05, 0.1) is 55.3 Å². The summed E-state index contributed by atoms with van der Waals surface area (Å²) >= 11 is 0. The number of ether oxygens (including phenoxy) is 4. The molecule has 23 heteroatoms. The Morgan fingerprint density at radius 2 is 1.49 bits per heavy atom. The molecule has 5 amide bonds. The summed E-state index contributed by atoms with van der Waals surface area (Å²) < 4.78 is 22.1. The molecule has 12 N–H and O–H groups in total. The fourth-order valence-electron chi connectivity index (χ4n) is 8.20. The fraction of sp³-hybridized carbons (Fsp3) is 0.633. The number of nitrogens with one attached hydrogen (secondary N) is 8. The predicted molar refractivity (Wildman–Crippen MR) is 320 cm³/mol. The van der Waals surface area contributed by atoms with Gasteiger partial charge in [-0.05, 0) is 90.9 Å². The lowest BCUT2D eigenvalue weighted by Gasteiger charge is -2.36. The Labute approximate surface area is 492 Å². The molecule has 470 valence electrons. The van der Waals surface area contributed by atoms with Crippen LogP contribution in [0.1, 0.15) is 183 Å². The lowest BCUT2D eigenvalue weighted by molar-refractivity contribution is -0.218. The van der Waals surface area contributed by atoms with E-state index >= 15 is 0 Å². The number of carbonyl (C=O) groups is 7. The van der Waals surface area contributed by atoms with Crippen molar-refractivity contribution >= 4 is 47.3 Å². The molecular weight excluding hydrogens is 1070 g/mol. The third kappa shape index (κ3) is 27.3. The first-order valence-electron chi connectivity index (χ1n) is 29.2. The van der Waals surface area contributed by atoms with E-state index in [0.29, 0.717) is 39.0 Å². The molecule has 3 aliphatic rings. The SMILES string of the molecule is C/C=C\C(=N)C(=O)NCCC(=O)NC(C)C(=O)NCC(=O)NCCCNCCCNC=O.CC.CC.CCC(C)CC.COC(C)NCCO.COc1cccc2c1C(=O)c1c(O)c3c(c(O)c1C2=O)CC(O)CC3OC1CCC[C@H](C)O1. The number of phenols is 2. The summed E-state index contributed by atoms with van der Waals surface area (Å²) in [5.74, 6) is -2.73. The number of carbonyl (C=O) groups excluding carboxylic acids is 7. The molecule has 0 bridgehead atoms. The number of aliphatic hydroxyl groups is 2. The van der Waals surface area contributed by atoms with Crippen molar-refractivity contribution < 1.29 is 72.9 Å². The molecule has 83 heavy (non-hydrogen) atoms. The molecule has 5 unspecified atom stereocenters. The maximum atomic E-state index is 13.5. The lowest BCUT2D eigenvalue weighted by atomic mass is 9.76. The number of allylic oxidation sites excluding steroid dienone is 1. The lowest BCUT2D eigenvalue weighted by Crippen LogP contribution is -2.48. The van der Waals surface area contributed by atoms with Gasteiger partial charge in [-0.25, -0.2) is 0 Å². The topological polar surface area (TPSA) is 345 Å². The summed E-state index contributed by atoms with van der Waals surface area (Å²) in [4.78, 5) is 84.0. The number of hydrogen-bond acceptors (Lipinski definition) is 18. The van der Waals surface area contributed by atoms with E-state index in [4.69, 9.17) is 29.5 Å². The maximum absolute atomic E-state index is 13.5. The van der Waals surface area contributed by atoms with E-state index in [2.05, 4.69) is 58.0 Å². The Morgan fingerprint density at radius 1 is 0.843 bits per heavy atom. The average molecular weight is 1170 g/mol. The molecule has 1 heterocycles. The second-order valence-electron chi connectivity index (χ2n) is 19.2. The van der Waals surface area contributed by atoms with Crippen molar-refractivity contribution in [3.05, 3.63) is 63.7 Å². The number of ketones is 2. The third-order valence-electron chi connectivity index (χ3n) is 13.1. The highest BCUT2D eigenvalue weighted by Gasteiger charge is 2.43. The number of methoxy groups -OCH3 is 2. The van der Waals surface area contributed by atoms with Crippen molar-refractivity contribution in [1.82, 2.24) is 37.2 Å². The van der Waals surface area contributed by atoms with Crippen LogP contribution in [0.15, 0.2) is 30.4 Å². The Hall–Kier alpha value is -6.34. The van der Waals surface area contributed by atoms with Gasteiger partial charge in [-0.15, -0.1) is 0 Å².